The summed E-state index contributed by atoms with van der Waals surface area (Å²) in [5.41, 5.74) is 5.40. The van der Waals surface area contributed by atoms with Crippen LogP contribution in [0.15, 0.2) is 12.1 Å². The van der Waals surface area contributed by atoms with Crippen LogP contribution in [-0.2, 0) is 0 Å². The third-order valence-electron chi connectivity index (χ3n) is 4.36. The average molecular weight is 295 g/mol. The van der Waals surface area contributed by atoms with E-state index >= 15 is 0 Å². The third-order valence-corrected chi connectivity index (χ3v) is 4.36. The van der Waals surface area contributed by atoms with Gasteiger partial charge in [-0.05, 0) is 43.2 Å². The summed E-state index contributed by atoms with van der Waals surface area (Å²) >= 11 is 0. The van der Waals surface area contributed by atoms with Crippen LogP contribution < -0.4 is 10.6 Å². The van der Waals surface area contributed by atoms with Crippen molar-refractivity contribution >= 4 is 11.5 Å². The maximum Gasteiger partial charge on any atom is 0.150 e. The van der Waals surface area contributed by atoms with Gasteiger partial charge in [0.25, 0.3) is 0 Å². The largest absolute Gasteiger partial charge is 0.384 e. The molecular weight excluding hydrogens is 272 g/mol. The molecule has 0 aliphatic carbocycles. The van der Waals surface area contributed by atoms with Crippen LogP contribution in [0.2, 0.25) is 0 Å². The molecule has 1 heterocycles. The second kappa shape index (κ2) is 6.41. The minimum absolute atomic E-state index is 0.0180. The van der Waals surface area contributed by atoms with Crippen molar-refractivity contribution in [2.45, 2.75) is 33.1 Å². The molecule has 5 heteroatoms. The van der Waals surface area contributed by atoms with E-state index in [-0.39, 0.29) is 17.1 Å². The zero-order chi connectivity index (χ0) is 15.6. The quantitative estimate of drug-likeness (QED) is 0.662. The highest BCUT2D eigenvalue weighted by Gasteiger charge is 2.24. The molecule has 1 aromatic carbocycles. The maximum absolute atomic E-state index is 14.2. The lowest BCUT2D eigenvalue weighted by Crippen LogP contribution is -2.27. The molecule has 1 unspecified atom stereocenters. The lowest BCUT2D eigenvalue weighted by molar-refractivity contribution is 0.351. The molecule has 1 aliphatic rings. The first-order chi connectivity index (χ1) is 9.90. The highest BCUT2D eigenvalue weighted by Crippen LogP contribution is 2.30. The SMILES string of the molecule is CC(C)C1CCCN(c2c(F)cc(C(=N)N)cc2F)CC1. The number of nitrogens with one attached hydrogen (secondary N) is 1. The number of anilines is 1. The van der Waals surface area contributed by atoms with Crippen molar-refractivity contribution < 1.29 is 8.78 Å². The van der Waals surface area contributed by atoms with E-state index in [0.717, 1.165) is 31.4 Å². The molecule has 1 fully saturated rings. The third kappa shape index (κ3) is 3.52. The van der Waals surface area contributed by atoms with Crippen LogP contribution in [0.5, 0.6) is 0 Å². The van der Waals surface area contributed by atoms with Crippen molar-refractivity contribution in [1.29, 1.82) is 5.41 Å². The maximum atomic E-state index is 14.2. The fourth-order valence-electron chi connectivity index (χ4n) is 3.04. The number of nitrogens with zero attached hydrogens (tertiary/aromatic N) is 1. The Morgan fingerprint density at radius 3 is 2.38 bits per heavy atom. The fourth-order valence-corrected chi connectivity index (χ4v) is 3.04. The molecule has 3 nitrogen and oxygen atoms in total. The van der Waals surface area contributed by atoms with Crippen molar-refractivity contribution in [2.24, 2.45) is 17.6 Å². The Morgan fingerprint density at radius 1 is 1.24 bits per heavy atom. The van der Waals surface area contributed by atoms with Crippen molar-refractivity contribution in [3.05, 3.63) is 29.3 Å². The van der Waals surface area contributed by atoms with Gasteiger partial charge in [0.2, 0.25) is 0 Å². The lowest BCUT2D eigenvalue weighted by atomic mass is 9.89. The molecule has 21 heavy (non-hydrogen) atoms. The van der Waals surface area contributed by atoms with Crippen molar-refractivity contribution in [3.63, 3.8) is 0 Å². The first kappa shape index (κ1) is 15.7. The van der Waals surface area contributed by atoms with E-state index in [9.17, 15) is 8.78 Å². The minimum Gasteiger partial charge on any atom is -0.384 e. The Balaban J connectivity index is 2.24. The molecule has 0 amide bonds. The van der Waals surface area contributed by atoms with Crippen molar-refractivity contribution in [3.8, 4) is 0 Å². The Kier molecular flexibility index (Phi) is 4.80. The van der Waals surface area contributed by atoms with E-state index in [0.29, 0.717) is 24.9 Å². The lowest BCUT2D eigenvalue weighted by Gasteiger charge is -2.24. The van der Waals surface area contributed by atoms with E-state index in [4.69, 9.17) is 11.1 Å². The highest BCUT2D eigenvalue weighted by atomic mass is 19.1. The molecule has 1 saturated heterocycles. The number of nitrogens with two attached hydrogens (primary N) is 1. The van der Waals surface area contributed by atoms with Gasteiger partial charge >= 0.3 is 0 Å². The van der Waals surface area contributed by atoms with Gasteiger partial charge in [0.15, 0.2) is 0 Å². The van der Waals surface area contributed by atoms with Gasteiger partial charge in [-0.25, -0.2) is 8.78 Å². The summed E-state index contributed by atoms with van der Waals surface area (Å²) in [6, 6.07) is 2.29. The van der Waals surface area contributed by atoms with Gasteiger partial charge < -0.3 is 10.6 Å². The molecule has 3 N–H and O–H groups in total. The number of amidine groups is 1. The molecule has 2 rings (SSSR count). The second-order valence-corrected chi connectivity index (χ2v) is 6.12. The van der Waals surface area contributed by atoms with Crippen molar-refractivity contribution in [2.75, 3.05) is 18.0 Å². The van der Waals surface area contributed by atoms with E-state index in [2.05, 4.69) is 13.8 Å². The highest BCUT2D eigenvalue weighted by molar-refractivity contribution is 5.95. The minimum atomic E-state index is -0.636. The number of benzene rings is 1. The van der Waals surface area contributed by atoms with Gasteiger partial charge in [0.1, 0.15) is 23.2 Å². The number of rotatable bonds is 3. The van der Waals surface area contributed by atoms with Gasteiger partial charge in [-0.2, -0.15) is 0 Å². The van der Waals surface area contributed by atoms with Crippen LogP contribution in [-0.4, -0.2) is 18.9 Å². The van der Waals surface area contributed by atoms with E-state index in [1.54, 1.807) is 4.90 Å². The van der Waals surface area contributed by atoms with Crippen LogP contribution in [0.25, 0.3) is 0 Å². The van der Waals surface area contributed by atoms with Crippen molar-refractivity contribution in [1.82, 2.24) is 0 Å². The molecule has 1 aliphatic heterocycles. The van der Waals surface area contributed by atoms with Crippen LogP contribution in [0.4, 0.5) is 14.5 Å². The van der Waals surface area contributed by atoms with Gasteiger partial charge in [-0.3, -0.25) is 5.41 Å². The summed E-state index contributed by atoms with van der Waals surface area (Å²) in [7, 11) is 0. The predicted octanol–water partition coefficient (Wildman–Crippen LogP) is 3.51. The number of hydrogen-bond acceptors (Lipinski definition) is 2. The standard InChI is InChI=1S/C16H23F2N3/c1-10(2)11-4-3-6-21(7-5-11)15-13(17)8-12(16(19)20)9-14(15)18/h8-11H,3-7H2,1-2H3,(H3,19,20). The molecule has 0 radical (unpaired) electrons. The van der Waals surface area contributed by atoms with E-state index in [1.807, 2.05) is 0 Å². The summed E-state index contributed by atoms with van der Waals surface area (Å²) < 4.78 is 28.4. The summed E-state index contributed by atoms with van der Waals surface area (Å²) in [5.74, 6) is -0.390. The number of hydrogen-bond donors (Lipinski definition) is 2. The average Bonchev–Trinajstić information content (AvgIpc) is 2.63. The summed E-state index contributed by atoms with van der Waals surface area (Å²) in [6.45, 7) is 5.72. The fraction of sp³-hybridized carbons (Fsp3) is 0.562. The summed E-state index contributed by atoms with van der Waals surface area (Å²) in [5, 5.41) is 7.28. The monoisotopic (exact) mass is 295 g/mol. The van der Waals surface area contributed by atoms with E-state index < -0.39 is 11.6 Å². The first-order valence-corrected chi connectivity index (χ1v) is 7.48. The number of nitrogen functional groups attached to an aromatic ring is 1. The zero-order valence-electron chi connectivity index (χ0n) is 12.6. The smallest absolute Gasteiger partial charge is 0.150 e. The molecule has 0 bridgehead atoms. The van der Waals surface area contributed by atoms with Gasteiger partial charge in [0.05, 0.1) is 0 Å². The molecule has 1 atom stereocenters. The predicted molar refractivity (Wildman–Crippen MR) is 81.8 cm³/mol. The molecule has 116 valence electrons. The van der Waals surface area contributed by atoms with Crippen LogP contribution in [0, 0.1) is 28.9 Å². The zero-order valence-corrected chi connectivity index (χ0v) is 12.6. The number of halogens is 2. The van der Waals surface area contributed by atoms with Crippen LogP contribution in [0.1, 0.15) is 38.7 Å². The van der Waals surface area contributed by atoms with Gasteiger partial charge in [-0.1, -0.05) is 13.8 Å². The summed E-state index contributed by atoms with van der Waals surface area (Å²) in [6.07, 6.45) is 2.99. The van der Waals surface area contributed by atoms with Gasteiger partial charge in [-0.15, -0.1) is 0 Å². The first-order valence-electron chi connectivity index (χ1n) is 7.48. The van der Waals surface area contributed by atoms with Crippen LogP contribution >= 0.6 is 0 Å². The topological polar surface area (TPSA) is 53.1 Å². The molecule has 1 aromatic rings. The molecule has 0 spiro atoms. The summed E-state index contributed by atoms with van der Waals surface area (Å²) in [4.78, 5) is 1.79. The normalized spacial score (nSPS) is 19.7. The second-order valence-electron chi connectivity index (χ2n) is 6.12. The van der Waals surface area contributed by atoms with Gasteiger partial charge in [0, 0.05) is 18.7 Å². The molecule has 0 saturated carbocycles. The Morgan fingerprint density at radius 2 is 1.86 bits per heavy atom. The Labute approximate surface area is 124 Å². The molecular formula is C16H23F2N3. The van der Waals surface area contributed by atoms with Crippen LogP contribution in [0.3, 0.4) is 0 Å². The Bertz CT molecular complexity index is 505. The Hall–Kier alpha value is -1.65. The molecule has 0 aromatic heterocycles. The van der Waals surface area contributed by atoms with E-state index in [1.165, 1.54) is 0 Å².